The Morgan fingerprint density at radius 1 is 1.33 bits per heavy atom. The van der Waals surface area contributed by atoms with E-state index in [1.807, 2.05) is 0 Å². The van der Waals surface area contributed by atoms with E-state index in [9.17, 15) is 29.7 Å². The molecule has 0 saturated carbocycles. The molecule has 2 atom stereocenters. The minimum Gasteiger partial charge on any atom is -0.857 e. The molecule has 1 fully saturated rings. The van der Waals surface area contributed by atoms with Crippen LogP contribution in [-0.4, -0.2) is 79.5 Å². The van der Waals surface area contributed by atoms with E-state index in [2.05, 4.69) is 20.1 Å². The molecule has 4 heterocycles. The smallest absolute Gasteiger partial charge is 0.857 e. The molecule has 0 radical (unpaired) electrons. The summed E-state index contributed by atoms with van der Waals surface area (Å²) in [6.07, 6.45) is -0.247. The van der Waals surface area contributed by atoms with Crippen LogP contribution < -0.4 is 75.1 Å². The number of nitrogen functional groups attached to an aromatic ring is 1. The van der Waals surface area contributed by atoms with Crippen LogP contribution in [0.15, 0.2) is 31.1 Å². The number of aliphatic carboxylic acids is 2. The molecule has 0 bridgehead atoms. The largest absolute Gasteiger partial charge is 1.00 e. The van der Waals surface area contributed by atoms with Crippen LogP contribution in [0.5, 0.6) is 0 Å². The van der Waals surface area contributed by atoms with Crippen molar-refractivity contribution < 1.29 is 93.7 Å². The van der Waals surface area contributed by atoms with E-state index in [1.54, 1.807) is 6.92 Å². The first-order valence-corrected chi connectivity index (χ1v) is 14.1. The number of nitrogens with zero attached hydrogens (tertiary/aromatic N) is 5. The zero-order chi connectivity index (χ0) is 26.9. The molecular weight excluding hydrogens is 611 g/mol. The van der Waals surface area contributed by atoms with Crippen LogP contribution in [0.3, 0.4) is 0 Å². The summed E-state index contributed by atoms with van der Waals surface area (Å²) in [6, 6.07) is -1.09. The molecule has 4 rings (SSSR count). The number of hydrogen-bond donors (Lipinski definition) is 2. The summed E-state index contributed by atoms with van der Waals surface area (Å²) in [6.45, 7) is 1.69. The van der Waals surface area contributed by atoms with Gasteiger partial charge >= 0.3 is 65.1 Å². The summed E-state index contributed by atoms with van der Waals surface area (Å²) in [5.41, 5.74) is 6.49. The van der Waals surface area contributed by atoms with Crippen LogP contribution in [0.25, 0.3) is 0 Å². The topological polar surface area (TPSA) is 207 Å². The van der Waals surface area contributed by atoms with Gasteiger partial charge in [0, 0.05) is 40.1 Å². The second-order valence-electron chi connectivity index (χ2n) is 7.57. The van der Waals surface area contributed by atoms with E-state index >= 15 is 0 Å². The summed E-state index contributed by atoms with van der Waals surface area (Å²) in [5, 5.41) is 38.3. The Morgan fingerprint density at radius 2 is 2.05 bits per heavy atom. The number of carbonyl (C=O) groups is 3. The molecule has 1 saturated heterocycles. The summed E-state index contributed by atoms with van der Waals surface area (Å²) < 4.78 is 0.583. The fourth-order valence-electron chi connectivity index (χ4n) is 3.54. The number of fused-ring (bicyclic) bond motifs is 1. The SMILES string of the molecule is CO/N=C(/C([O-])=N[C@@H]1C(=O)N2C(C(=O)O)=C(CSc3nc(C)c(CC(=O)[O-])s3)CS[C@H]12)c1csc(N)n1.[Na+].[Na+]. The van der Waals surface area contributed by atoms with E-state index in [0.29, 0.717) is 26.2 Å². The summed E-state index contributed by atoms with van der Waals surface area (Å²) in [7, 11) is 1.25. The Hall–Kier alpha value is -1.15. The van der Waals surface area contributed by atoms with Crippen molar-refractivity contribution in [1.82, 2.24) is 14.9 Å². The third-order valence-electron chi connectivity index (χ3n) is 5.18. The summed E-state index contributed by atoms with van der Waals surface area (Å²) >= 11 is 4.85. The minimum atomic E-state index is -1.27. The van der Waals surface area contributed by atoms with Crippen LogP contribution in [0.4, 0.5) is 5.13 Å². The molecular formula is C20H18N6Na2O7S4. The average molecular weight is 629 g/mol. The van der Waals surface area contributed by atoms with E-state index in [-0.39, 0.29) is 93.5 Å². The van der Waals surface area contributed by atoms with Crippen molar-refractivity contribution in [2.24, 2.45) is 10.1 Å². The van der Waals surface area contributed by atoms with Crippen molar-refractivity contribution in [3.63, 3.8) is 0 Å². The minimum absolute atomic E-state index is 0. The number of hydrogen-bond acceptors (Lipinski definition) is 15. The maximum atomic E-state index is 12.9. The number of carboxylic acid groups (broad SMARTS) is 2. The zero-order valence-electron chi connectivity index (χ0n) is 21.2. The van der Waals surface area contributed by atoms with Gasteiger partial charge in [-0.05, 0) is 12.5 Å². The number of amides is 1. The van der Waals surface area contributed by atoms with Crippen molar-refractivity contribution in [3.05, 3.63) is 32.9 Å². The van der Waals surface area contributed by atoms with E-state index in [0.717, 1.165) is 16.2 Å². The number of aryl methyl sites for hydroxylation is 1. The number of aliphatic imine (C=N–C) groups is 1. The number of β-lactam (4-membered cyclic amide) rings is 1. The first-order valence-electron chi connectivity index (χ1n) is 10.4. The molecule has 13 nitrogen and oxygen atoms in total. The molecule has 2 aliphatic rings. The Labute approximate surface area is 283 Å². The van der Waals surface area contributed by atoms with Gasteiger partial charge in [0.2, 0.25) is 0 Å². The fraction of sp³-hybridized carbons (Fsp3) is 0.350. The van der Waals surface area contributed by atoms with Crippen molar-refractivity contribution in [3.8, 4) is 0 Å². The van der Waals surface area contributed by atoms with E-state index < -0.39 is 35.2 Å². The molecule has 19 heteroatoms. The monoisotopic (exact) mass is 628 g/mol. The second kappa shape index (κ2) is 14.7. The molecule has 39 heavy (non-hydrogen) atoms. The van der Waals surface area contributed by atoms with Crippen LogP contribution in [0.2, 0.25) is 0 Å². The van der Waals surface area contributed by atoms with Gasteiger partial charge in [0.05, 0.1) is 5.69 Å². The third kappa shape index (κ3) is 7.58. The molecule has 0 spiro atoms. The fourth-order valence-corrected chi connectivity index (χ4v) is 7.77. The number of rotatable bonds is 10. The number of oxime groups is 1. The van der Waals surface area contributed by atoms with Gasteiger partial charge in [-0.1, -0.05) is 16.9 Å². The molecule has 0 aromatic carbocycles. The molecule has 196 valence electrons. The molecule has 2 aliphatic heterocycles. The normalized spacial score (nSPS) is 19.0. The summed E-state index contributed by atoms with van der Waals surface area (Å²) in [4.78, 5) is 54.6. The van der Waals surface area contributed by atoms with Gasteiger partial charge in [-0.25, -0.2) is 14.8 Å². The van der Waals surface area contributed by atoms with Crippen LogP contribution >= 0.6 is 46.2 Å². The first kappa shape index (κ1) is 34.1. The maximum absolute atomic E-state index is 12.9. The van der Waals surface area contributed by atoms with Crippen molar-refractivity contribution >= 4 is 80.8 Å². The standard InChI is InChI=1S/C20H20N6O7S4.2Na/c1-7-10(3-11(27)28)37-20(22-7)36-5-8-4-34-17-13(16(30)26(17)14(8)18(31)32)24-15(29)12(25-33-2)9-6-35-19(21)23-9;;/h6,13,17H,3-5H2,1-2H3,(H2,21,23)(H,24,29)(H,27,28)(H,31,32);;/q;2*+1/p-2/b25-12+;;/t13-,17-;;/m1../s1. The van der Waals surface area contributed by atoms with Gasteiger partial charge in [0.25, 0.3) is 5.91 Å². The van der Waals surface area contributed by atoms with Gasteiger partial charge < -0.3 is 30.7 Å². The van der Waals surface area contributed by atoms with Gasteiger partial charge in [-0.3, -0.25) is 14.7 Å². The third-order valence-corrected chi connectivity index (χ3v) is 9.56. The molecule has 0 aliphatic carbocycles. The Balaban J connectivity index is 0.00000267. The van der Waals surface area contributed by atoms with E-state index in [1.165, 1.54) is 47.4 Å². The number of anilines is 1. The maximum Gasteiger partial charge on any atom is 1.00 e. The Kier molecular flexibility index (Phi) is 12.8. The number of carbonyl (C=O) groups excluding carboxylic acids is 2. The number of nitrogens with two attached hydrogens (primary N) is 1. The number of thioether (sulfide) groups is 2. The van der Waals surface area contributed by atoms with Gasteiger partial charge in [-0.15, -0.1) is 34.4 Å². The predicted octanol–water partition coefficient (Wildman–Crippen LogP) is -6.69. The van der Waals surface area contributed by atoms with E-state index in [4.69, 9.17) is 10.6 Å². The molecule has 3 N–H and O–H groups in total. The van der Waals surface area contributed by atoms with Gasteiger partial charge in [0.15, 0.2) is 15.5 Å². The first-order chi connectivity index (χ1) is 17.6. The predicted molar refractivity (Wildman–Crippen MR) is 135 cm³/mol. The number of aromatic nitrogens is 2. The van der Waals surface area contributed by atoms with Crippen LogP contribution in [-0.2, 0) is 25.6 Å². The van der Waals surface area contributed by atoms with Crippen molar-refractivity contribution in [1.29, 1.82) is 0 Å². The molecule has 2 aromatic rings. The van der Waals surface area contributed by atoms with Crippen molar-refractivity contribution in [2.45, 2.75) is 29.1 Å². The Bertz CT molecular complexity index is 1360. The number of carboxylic acids is 2. The van der Waals surface area contributed by atoms with Crippen LogP contribution in [0.1, 0.15) is 16.3 Å². The molecule has 2 aromatic heterocycles. The zero-order valence-corrected chi connectivity index (χ0v) is 28.5. The summed E-state index contributed by atoms with van der Waals surface area (Å²) in [5.74, 6) is -3.41. The Morgan fingerprint density at radius 3 is 2.64 bits per heavy atom. The molecule has 1 amide bonds. The van der Waals surface area contributed by atoms with Gasteiger partial charge in [0.1, 0.15) is 29.6 Å². The van der Waals surface area contributed by atoms with Gasteiger partial charge in [-0.2, -0.15) is 0 Å². The van der Waals surface area contributed by atoms with Crippen molar-refractivity contribution in [2.75, 3.05) is 24.3 Å². The second-order valence-corrected chi connectivity index (χ2v) is 11.9. The number of thiazole rings is 2. The quantitative estimate of drug-likeness (QED) is 0.0629. The van der Waals surface area contributed by atoms with Crippen LogP contribution in [0, 0.1) is 6.92 Å². The molecule has 0 unspecified atom stereocenters. The average Bonchev–Trinajstić information content (AvgIpc) is 3.42.